The zero-order valence-corrected chi connectivity index (χ0v) is 12.9. The van der Waals surface area contributed by atoms with E-state index >= 15 is 0 Å². The maximum atomic E-state index is 12.2. The third kappa shape index (κ3) is 3.85. The fraction of sp³-hybridized carbons (Fsp3) is 0.462. The lowest BCUT2D eigenvalue weighted by Crippen LogP contribution is -2.40. The standard InChI is InChI=1S/C13H19N3O4S/c1-3-20-10-5-6-11-12(9-10)21(17,18)16-13(15-11)14-7-4-8-19-2/h5-6,9H,3-4,7-8H2,1-2H3,(H2,14,15,16). The number of benzene rings is 1. The minimum atomic E-state index is -3.63. The zero-order valence-electron chi connectivity index (χ0n) is 12.0. The minimum Gasteiger partial charge on any atom is -0.494 e. The monoisotopic (exact) mass is 313 g/mol. The van der Waals surface area contributed by atoms with E-state index in [-0.39, 0.29) is 10.9 Å². The van der Waals surface area contributed by atoms with Gasteiger partial charge in [0.15, 0.2) is 0 Å². The maximum absolute atomic E-state index is 12.2. The van der Waals surface area contributed by atoms with Crippen LogP contribution in [0.2, 0.25) is 0 Å². The quantitative estimate of drug-likeness (QED) is 0.770. The first-order valence-corrected chi connectivity index (χ1v) is 8.15. The van der Waals surface area contributed by atoms with Crippen LogP contribution in [0.1, 0.15) is 13.3 Å². The van der Waals surface area contributed by atoms with E-state index in [2.05, 4.69) is 15.0 Å². The van der Waals surface area contributed by atoms with Gasteiger partial charge in [0, 0.05) is 26.3 Å². The summed E-state index contributed by atoms with van der Waals surface area (Å²) in [6.45, 7) is 3.38. The van der Waals surface area contributed by atoms with Crippen LogP contribution in [0.25, 0.3) is 0 Å². The molecule has 21 heavy (non-hydrogen) atoms. The van der Waals surface area contributed by atoms with Crippen molar-refractivity contribution >= 4 is 21.7 Å². The molecular weight excluding hydrogens is 294 g/mol. The number of fused-ring (bicyclic) bond motifs is 1. The summed E-state index contributed by atoms with van der Waals surface area (Å²) in [4.78, 5) is 4.33. The number of anilines is 1. The highest BCUT2D eigenvalue weighted by molar-refractivity contribution is 7.90. The van der Waals surface area contributed by atoms with Crippen LogP contribution in [0.4, 0.5) is 5.69 Å². The molecule has 2 rings (SSSR count). The molecule has 1 aromatic rings. The molecule has 0 amide bonds. The van der Waals surface area contributed by atoms with Gasteiger partial charge >= 0.3 is 0 Å². The fourth-order valence-corrected chi connectivity index (χ4v) is 3.05. The van der Waals surface area contributed by atoms with Crippen molar-refractivity contribution in [3.8, 4) is 5.75 Å². The lowest BCUT2D eigenvalue weighted by Gasteiger charge is -2.22. The molecule has 0 saturated carbocycles. The van der Waals surface area contributed by atoms with Crippen molar-refractivity contribution in [1.82, 2.24) is 4.72 Å². The van der Waals surface area contributed by atoms with E-state index in [0.29, 0.717) is 31.2 Å². The highest BCUT2D eigenvalue weighted by Crippen LogP contribution is 2.28. The number of rotatable bonds is 6. The zero-order chi connectivity index (χ0) is 15.3. The number of guanidine groups is 1. The summed E-state index contributed by atoms with van der Waals surface area (Å²) in [5, 5.41) is 2.96. The van der Waals surface area contributed by atoms with Gasteiger partial charge in [-0.1, -0.05) is 0 Å². The molecule has 1 aliphatic heterocycles. The molecule has 0 saturated heterocycles. The Morgan fingerprint density at radius 3 is 2.86 bits per heavy atom. The van der Waals surface area contributed by atoms with E-state index < -0.39 is 10.0 Å². The van der Waals surface area contributed by atoms with Gasteiger partial charge < -0.3 is 14.8 Å². The van der Waals surface area contributed by atoms with Crippen molar-refractivity contribution < 1.29 is 17.9 Å². The number of ether oxygens (including phenoxy) is 2. The van der Waals surface area contributed by atoms with Crippen LogP contribution in [-0.4, -0.2) is 41.2 Å². The van der Waals surface area contributed by atoms with Crippen molar-refractivity contribution in [3.05, 3.63) is 18.2 Å². The summed E-state index contributed by atoms with van der Waals surface area (Å²) in [6.07, 6.45) is 0.722. The molecular formula is C13H19N3O4S. The summed E-state index contributed by atoms with van der Waals surface area (Å²) in [7, 11) is -2.02. The number of hydrogen-bond donors (Lipinski definition) is 2. The van der Waals surface area contributed by atoms with Crippen molar-refractivity contribution in [2.45, 2.75) is 18.2 Å². The Bertz CT molecular complexity index is 628. The average Bonchev–Trinajstić information content (AvgIpc) is 2.44. The largest absolute Gasteiger partial charge is 0.494 e. The molecule has 0 bridgehead atoms. The fourth-order valence-electron chi connectivity index (χ4n) is 1.89. The molecule has 0 aliphatic carbocycles. The van der Waals surface area contributed by atoms with Crippen LogP contribution in [0.3, 0.4) is 0 Å². The first-order valence-electron chi connectivity index (χ1n) is 6.67. The van der Waals surface area contributed by atoms with Crippen molar-refractivity contribution in [2.75, 3.05) is 32.2 Å². The Morgan fingerprint density at radius 1 is 1.33 bits per heavy atom. The molecule has 8 heteroatoms. The lowest BCUT2D eigenvalue weighted by atomic mass is 10.3. The molecule has 0 atom stereocenters. The Kier molecular flexibility index (Phi) is 5.03. The second-order valence-electron chi connectivity index (χ2n) is 4.40. The summed E-state index contributed by atoms with van der Waals surface area (Å²) in [5.74, 6) is 0.742. The third-order valence-corrected chi connectivity index (χ3v) is 4.19. The number of sulfonamides is 1. The van der Waals surface area contributed by atoms with Crippen LogP contribution in [0.15, 0.2) is 28.1 Å². The smallest absolute Gasteiger partial charge is 0.266 e. The Hall–Kier alpha value is -1.80. The predicted octanol–water partition coefficient (Wildman–Crippen LogP) is 1.18. The number of methoxy groups -OCH3 is 1. The van der Waals surface area contributed by atoms with E-state index in [9.17, 15) is 8.42 Å². The molecule has 0 unspecified atom stereocenters. The molecule has 7 nitrogen and oxygen atoms in total. The number of nitrogens with zero attached hydrogens (tertiary/aromatic N) is 1. The number of nitrogens with one attached hydrogen (secondary N) is 2. The Labute approximate surface area is 124 Å². The molecule has 2 N–H and O–H groups in total. The Balaban J connectivity index is 2.20. The van der Waals surface area contributed by atoms with Crippen molar-refractivity contribution in [2.24, 2.45) is 4.99 Å². The first kappa shape index (κ1) is 15.6. The van der Waals surface area contributed by atoms with Crippen LogP contribution in [0, 0.1) is 0 Å². The molecule has 1 aromatic carbocycles. The summed E-state index contributed by atoms with van der Waals surface area (Å²) < 4.78 is 37.1. The molecule has 116 valence electrons. The minimum absolute atomic E-state index is 0.157. The van der Waals surface area contributed by atoms with Gasteiger partial charge in [0.2, 0.25) is 5.96 Å². The highest BCUT2D eigenvalue weighted by Gasteiger charge is 2.26. The topological polar surface area (TPSA) is 89.0 Å². The summed E-state index contributed by atoms with van der Waals surface area (Å²) >= 11 is 0. The lowest BCUT2D eigenvalue weighted by molar-refractivity contribution is 0.197. The highest BCUT2D eigenvalue weighted by atomic mass is 32.2. The first-order chi connectivity index (χ1) is 10.1. The molecule has 0 aromatic heterocycles. The molecule has 1 heterocycles. The second-order valence-corrected chi connectivity index (χ2v) is 6.05. The van der Waals surface area contributed by atoms with Crippen molar-refractivity contribution in [1.29, 1.82) is 0 Å². The number of hydrogen-bond acceptors (Lipinski definition) is 5. The summed E-state index contributed by atoms with van der Waals surface area (Å²) in [5.41, 5.74) is 0.489. The van der Waals surface area contributed by atoms with Gasteiger partial charge in [0.1, 0.15) is 10.6 Å². The van der Waals surface area contributed by atoms with E-state index in [1.807, 2.05) is 6.92 Å². The molecule has 0 radical (unpaired) electrons. The molecule has 0 spiro atoms. The van der Waals surface area contributed by atoms with Gasteiger partial charge in [0.25, 0.3) is 10.0 Å². The third-order valence-electron chi connectivity index (χ3n) is 2.81. The van der Waals surface area contributed by atoms with Gasteiger partial charge in [-0.2, -0.15) is 0 Å². The van der Waals surface area contributed by atoms with Gasteiger partial charge in [0.05, 0.1) is 12.3 Å². The van der Waals surface area contributed by atoms with Crippen LogP contribution < -0.4 is 14.8 Å². The van der Waals surface area contributed by atoms with Crippen molar-refractivity contribution in [3.63, 3.8) is 0 Å². The van der Waals surface area contributed by atoms with Crippen LogP contribution in [0.5, 0.6) is 5.75 Å². The van der Waals surface area contributed by atoms with E-state index in [4.69, 9.17) is 9.47 Å². The second kappa shape index (κ2) is 6.77. The van der Waals surface area contributed by atoms with E-state index in [1.54, 1.807) is 19.2 Å². The van der Waals surface area contributed by atoms with E-state index in [0.717, 1.165) is 6.42 Å². The van der Waals surface area contributed by atoms with Crippen LogP contribution >= 0.6 is 0 Å². The van der Waals surface area contributed by atoms with Crippen LogP contribution in [-0.2, 0) is 14.8 Å². The maximum Gasteiger partial charge on any atom is 0.266 e. The van der Waals surface area contributed by atoms with Gasteiger partial charge in [-0.05, 0) is 25.5 Å². The van der Waals surface area contributed by atoms with E-state index in [1.165, 1.54) is 6.07 Å². The number of aliphatic imine (C=N–C) groups is 1. The average molecular weight is 313 g/mol. The van der Waals surface area contributed by atoms with Gasteiger partial charge in [-0.25, -0.2) is 13.1 Å². The summed E-state index contributed by atoms with van der Waals surface area (Å²) in [6, 6.07) is 4.89. The van der Waals surface area contributed by atoms with Gasteiger partial charge in [-0.15, -0.1) is 0 Å². The SMILES string of the molecule is CCOc1ccc2c(c1)S(=O)(=O)NC(=NCCCOC)N2. The Morgan fingerprint density at radius 2 is 2.14 bits per heavy atom. The van der Waals surface area contributed by atoms with Gasteiger partial charge in [-0.3, -0.25) is 4.99 Å². The predicted molar refractivity (Wildman–Crippen MR) is 80.4 cm³/mol. The molecule has 0 fully saturated rings. The molecule has 1 aliphatic rings. The normalized spacial score (nSPS) is 17.7.